The second-order valence-corrected chi connectivity index (χ2v) is 9.61. The first-order valence-corrected chi connectivity index (χ1v) is 12.8. The molecule has 3 aromatic rings. The standard InChI is InChI=1S/C26H26ClFN8O5/c1-34-10-12-35(13-11-34)23(38)14-20(25(39)30-17-4-2-16(3-5-17)26(40)41)31-22(37)9-6-18-21(36-15-29-32-33-36)8-7-19(27)24(18)28/h2-9,15,20H,10-14H2,1H3,(H,30,39)(H,31,37)(H,40,41)/b9-6+. The highest BCUT2D eigenvalue weighted by molar-refractivity contribution is 6.31. The average molecular weight is 585 g/mol. The van der Waals surface area contributed by atoms with Crippen LogP contribution in [-0.4, -0.2) is 98.1 Å². The van der Waals surface area contributed by atoms with E-state index in [9.17, 15) is 23.6 Å². The fraction of sp³-hybridized carbons (Fsp3) is 0.269. The van der Waals surface area contributed by atoms with Crippen molar-refractivity contribution >= 4 is 47.1 Å². The number of halogens is 2. The predicted molar refractivity (Wildman–Crippen MR) is 146 cm³/mol. The molecule has 1 aliphatic heterocycles. The molecular formula is C26H26ClFN8O5. The molecule has 2 aromatic carbocycles. The number of carboxylic acids is 1. The number of aromatic nitrogens is 4. The normalized spacial score (nSPS) is 14.6. The van der Waals surface area contributed by atoms with Crippen molar-refractivity contribution in [3.8, 4) is 5.69 Å². The van der Waals surface area contributed by atoms with Gasteiger partial charge in [-0.05, 0) is 59.9 Å². The third-order valence-electron chi connectivity index (χ3n) is 6.37. The summed E-state index contributed by atoms with van der Waals surface area (Å²) in [7, 11) is 1.94. The minimum absolute atomic E-state index is 0.0255. The maximum atomic E-state index is 14.9. The zero-order valence-electron chi connectivity index (χ0n) is 21.8. The largest absolute Gasteiger partial charge is 0.478 e. The Hall–Kier alpha value is -4.69. The van der Waals surface area contributed by atoms with Crippen molar-refractivity contribution in [2.45, 2.75) is 12.5 Å². The second kappa shape index (κ2) is 13.1. The maximum Gasteiger partial charge on any atom is 0.335 e. The molecule has 1 aromatic heterocycles. The molecule has 0 bridgehead atoms. The lowest BCUT2D eigenvalue weighted by atomic mass is 10.1. The smallest absolute Gasteiger partial charge is 0.335 e. The number of hydrogen-bond acceptors (Lipinski definition) is 8. The first-order chi connectivity index (χ1) is 19.6. The molecule has 3 amide bonds. The van der Waals surface area contributed by atoms with Gasteiger partial charge in [0.15, 0.2) is 5.82 Å². The van der Waals surface area contributed by atoms with E-state index in [0.29, 0.717) is 26.2 Å². The summed E-state index contributed by atoms with van der Waals surface area (Å²) in [5.74, 6) is -3.74. The number of carboxylic acid groups (broad SMARTS) is 1. The van der Waals surface area contributed by atoms with Crippen LogP contribution < -0.4 is 10.6 Å². The molecule has 0 saturated carbocycles. The van der Waals surface area contributed by atoms with Gasteiger partial charge in [0.05, 0.1) is 22.7 Å². The van der Waals surface area contributed by atoms with Crippen molar-refractivity contribution in [2.24, 2.45) is 0 Å². The summed E-state index contributed by atoms with van der Waals surface area (Å²) in [6, 6.07) is 6.91. The Bertz CT molecular complexity index is 1460. The number of tetrazole rings is 1. The summed E-state index contributed by atoms with van der Waals surface area (Å²) in [5.41, 5.74) is 0.435. The maximum absolute atomic E-state index is 14.9. The van der Waals surface area contributed by atoms with Crippen LogP contribution in [0.5, 0.6) is 0 Å². The minimum atomic E-state index is -1.29. The fourth-order valence-electron chi connectivity index (χ4n) is 4.06. The van der Waals surface area contributed by atoms with Gasteiger partial charge in [-0.15, -0.1) is 5.10 Å². The monoisotopic (exact) mass is 584 g/mol. The number of benzene rings is 2. The van der Waals surface area contributed by atoms with Gasteiger partial charge in [-0.2, -0.15) is 4.68 Å². The van der Waals surface area contributed by atoms with Crippen LogP contribution in [0, 0.1) is 5.82 Å². The lowest BCUT2D eigenvalue weighted by Gasteiger charge is -2.33. The predicted octanol–water partition coefficient (Wildman–Crippen LogP) is 1.45. The van der Waals surface area contributed by atoms with E-state index in [1.165, 1.54) is 47.4 Å². The summed E-state index contributed by atoms with van der Waals surface area (Å²) < 4.78 is 16.1. The van der Waals surface area contributed by atoms with E-state index in [1.54, 1.807) is 4.90 Å². The highest BCUT2D eigenvalue weighted by Gasteiger charge is 2.28. The molecule has 214 valence electrons. The Balaban J connectivity index is 1.53. The molecule has 13 nitrogen and oxygen atoms in total. The van der Waals surface area contributed by atoms with Crippen LogP contribution in [0.15, 0.2) is 48.8 Å². The molecule has 1 fully saturated rings. The number of nitrogens with zero attached hydrogens (tertiary/aromatic N) is 6. The quantitative estimate of drug-likeness (QED) is 0.316. The molecule has 41 heavy (non-hydrogen) atoms. The minimum Gasteiger partial charge on any atom is -0.478 e. The molecule has 15 heteroatoms. The van der Waals surface area contributed by atoms with Crippen LogP contribution in [0.3, 0.4) is 0 Å². The van der Waals surface area contributed by atoms with E-state index >= 15 is 0 Å². The Labute approximate surface area is 238 Å². The van der Waals surface area contributed by atoms with E-state index in [4.69, 9.17) is 16.7 Å². The van der Waals surface area contributed by atoms with Gasteiger partial charge in [-0.1, -0.05) is 11.6 Å². The van der Waals surface area contributed by atoms with Crippen molar-refractivity contribution in [3.63, 3.8) is 0 Å². The van der Waals surface area contributed by atoms with Crippen LogP contribution in [0.1, 0.15) is 22.3 Å². The van der Waals surface area contributed by atoms with E-state index in [0.717, 1.165) is 12.2 Å². The number of rotatable bonds is 9. The van der Waals surface area contributed by atoms with Gasteiger partial charge in [0.25, 0.3) is 0 Å². The molecule has 4 rings (SSSR count). The number of hydrogen-bond donors (Lipinski definition) is 3. The molecule has 1 saturated heterocycles. The molecular weight excluding hydrogens is 559 g/mol. The topological polar surface area (TPSA) is 163 Å². The second-order valence-electron chi connectivity index (χ2n) is 9.20. The van der Waals surface area contributed by atoms with Gasteiger partial charge in [0, 0.05) is 43.5 Å². The Morgan fingerprint density at radius 2 is 1.80 bits per heavy atom. The zero-order valence-corrected chi connectivity index (χ0v) is 22.6. The van der Waals surface area contributed by atoms with Crippen LogP contribution in [0.4, 0.5) is 10.1 Å². The molecule has 0 aliphatic carbocycles. The van der Waals surface area contributed by atoms with Crippen molar-refractivity contribution in [2.75, 3.05) is 38.5 Å². The van der Waals surface area contributed by atoms with Crippen molar-refractivity contribution < 1.29 is 28.7 Å². The molecule has 1 atom stereocenters. The summed E-state index contributed by atoms with van der Waals surface area (Å²) in [5, 5.41) is 24.8. The summed E-state index contributed by atoms with van der Waals surface area (Å²) >= 11 is 5.93. The van der Waals surface area contributed by atoms with Crippen molar-refractivity contribution in [1.29, 1.82) is 0 Å². The van der Waals surface area contributed by atoms with Gasteiger partial charge in [-0.3, -0.25) is 14.4 Å². The van der Waals surface area contributed by atoms with E-state index < -0.39 is 29.6 Å². The van der Waals surface area contributed by atoms with Gasteiger partial charge in [-0.25, -0.2) is 9.18 Å². The lowest BCUT2D eigenvalue weighted by molar-refractivity contribution is -0.135. The highest BCUT2D eigenvalue weighted by atomic mass is 35.5. The lowest BCUT2D eigenvalue weighted by Crippen LogP contribution is -2.51. The molecule has 3 N–H and O–H groups in total. The SMILES string of the molecule is CN1CCN(C(=O)CC(NC(=O)/C=C/c2c(-n3cnnn3)ccc(Cl)c2F)C(=O)Nc2ccc(C(=O)O)cc2)CC1. The Kier molecular flexibility index (Phi) is 9.37. The van der Waals surface area contributed by atoms with Gasteiger partial charge < -0.3 is 25.5 Å². The van der Waals surface area contributed by atoms with Crippen molar-refractivity contribution in [1.82, 2.24) is 35.3 Å². The molecule has 0 spiro atoms. The summed E-state index contributed by atoms with van der Waals surface area (Å²) in [4.78, 5) is 53.9. The summed E-state index contributed by atoms with van der Waals surface area (Å²) in [6.45, 7) is 2.29. The number of likely N-dealkylation sites (N-methyl/N-ethyl adjacent to an activating group) is 1. The Morgan fingerprint density at radius 3 is 2.44 bits per heavy atom. The third kappa shape index (κ3) is 7.49. The third-order valence-corrected chi connectivity index (χ3v) is 6.67. The van der Waals surface area contributed by atoms with E-state index in [2.05, 4.69) is 31.1 Å². The van der Waals surface area contributed by atoms with Crippen LogP contribution in [0.2, 0.25) is 5.02 Å². The fourth-order valence-corrected chi connectivity index (χ4v) is 4.22. The van der Waals surface area contributed by atoms with E-state index in [-0.39, 0.29) is 39.9 Å². The van der Waals surface area contributed by atoms with Gasteiger partial charge >= 0.3 is 5.97 Å². The number of aromatic carboxylic acids is 1. The molecule has 1 unspecified atom stereocenters. The first kappa shape index (κ1) is 29.3. The number of nitrogens with one attached hydrogen (secondary N) is 2. The zero-order chi connectivity index (χ0) is 29.5. The number of amides is 3. The highest BCUT2D eigenvalue weighted by Crippen LogP contribution is 2.25. The van der Waals surface area contributed by atoms with Crippen molar-refractivity contribution in [3.05, 3.63) is 70.8 Å². The molecule has 0 radical (unpaired) electrons. The van der Waals surface area contributed by atoms with Gasteiger partial charge in [0.1, 0.15) is 12.4 Å². The number of anilines is 1. The summed E-state index contributed by atoms with van der Waals surface area (Å²) in [6.07, 6.45) is 3.08. The van der Waals surface area contributed by atoms with Crippen LogP contribution in [0.25, 0.3) is 11.8 Å². The number of carbonyl (C=O) groups is 4. The molecule has 2 heterocycles. The average Bonchev–Trinajstić information content (AvgIpc) is 3.49. The van der Waals surface area contributed by atoms with Crippen LogP contribution >= 0.6 is 11.6 Å². The van der Waals surface area contributed by atoms with E-state index in [1.807, 2.05) is 7.05 Å². The number of piperazine rings is 1. The first-order valence-electron chi connectivity index (χ1n) is 12.4. The number of carbonyl (C=O) groups excluding carboxylic acids is 3. The Morgan fingerprint density at radius 1 is 1.10 bits per heavy atom. The van der Waals surface area contributed by atoms with Gasteiger partial charge in [0.2, 0.25) is 17.7 Å². The van der Waals surface area contributed by atoms with Crippen LogP contribution in [-0.2, 0) is 14.4 Å². The molecule has 1 aliphatic rings.